The Bertz CT molecular complexity index is 233. The SMILES string of the molecule is CCCNC(=O)C(C)NCC1CCCC(O)C1. The van der Waals surface area contributed by atoms with Crippen LogP contribution in [-0.4, -0.2) is 36.2 Å². The van der Waals surface area contributed by atoms with E-state index in [2.05, 4.69) is 10.6 Å². The first-order valence-corrected chi connectivity index (χ1v) is 6.82. The van der Waals surface area contributed by atoms with Crippen LogP contribution in [0.15, 0.2) is 0 Å². The second-order valence-corrected chi connectivity index (χ2v) is 5.11. The van der Waals surface area contributed by atoms with Crippen molar-refractivity contribution < 1.29 is 9.90 Å². The summed E-state index contributed by atoms with van der Waals surface area (Å²) < 4.78 is 0. The third kappa shape index (κ3) is 5.50. The summed E-state index contributed by atoms with van der Waals surface area (Å²) in [7, 11) is 0. The number of nitrogens with one attached hydrogen (secondary N) is 2. The van der Waals surface area contributed by atoms with Crippen molar-refractivity contribution in [2.75, 3.05) is 13.1 Å². The summed E-state index contributed by atoms with van der Waals surface area (Å²) in [6, 6.07) is -0.138. The van der Waals surface area contributed by atoms with Crippen molar-refractivity contribution in [2.24, 2.45) is 5.92 Å². The van der Waals surface area contributed by atoms with Gasteiger partial charge >= 0.3 is 0 Å². The second-order valence-electron chi connectivity index (χ2n) is 5.11. The molecule has 1 amide bonds. The highest BCUT2D eigenvalue weighted by atomic mass is 16.3. The first kappa shape index (κ1) is 14.5. The van der Waals surface area contributed by atoms with Crippen LogP contribution >= 0.6 is 0 Å². The van der Waals surface area contributed by atoms with Crippen molar-refractivity contribution in [3.8, 4) is 0 Å². The molecule has 1 rings (SSSR count). The predicted octanol–water partition coefficient (Wildman–Crippen LogP) is 1.04. The summed E-state index contributed by atoms with van der Waals surface area (Å²) >= 11 is 0. The number of hydrogen-bond donors (Lipinski definition) is 3. The highest BCUT2D eigenvalue weighted by Gasteiger charge is 2.21. The van der Waals surface area contributed by atoms with E-state index in [0.717, 1.165) is 45.2 Å². The van der Waals surface area contributed by atoms with Gasteiger partial charge in [0, 0.05) is 6.54 Å². The molecule has 4 heteroatoms. The average Bonchev–Trinajstić information content (AvgIpc) is 2.33. The maximum Gasteiger partial charge on any atom is 0.236 e. The largest absolute Gasteiger partial charge is 0.393 e. The highest BCUT2D eigenvalue weighted by Crippen LogP contribution is 2.23. The average molecular weight is 242 g/mol. The number of carbonyl (C=O) groups is 1. The molecular weight excluding hydrogens is 216 g/mol. The molecule has 4 nitrogen and oxygen atoms in total. The van der Waals surface area contributed by atoms with Crippen LogP contribution in [0.4, 0.5) is 0 Å². The minimum absolute atomic E-state index is 0.0724. The fraction of sp³-hybridized carbons (Fsp3) is 0.923. The number of carbonyl (C=O) groups excluding carboxylic acids is 1. The summed E-state index contributed by atoms with van der Waals surface area (Å²) in [5, 5.41) is 15.7. The molecule has 0 aromatic carbocycles. The first-order valence-electron chi connectivity index (χ1n) is 6.82. The van der Waals surface area contributed by atoms with Gasteiger partial charge in [-0.25, -0.2) is 0 Å². The molecule has 1 fully saturated rings. The van der Waals surface area contributed by atoms with Crippen molar-refractivity contribution in [3.05, 3.63) is 0 Å². The Morgan fingerprint density at radius 2 is 2.24 bits per heavy atom. The van der Waals surface area contributed by atoms with Crippen molar-refractivity contribution in [1.29, 1.82) is 0 Å². The van der Waals surface area contributed by atoms with Crippen LogP contribution in [0.2, 0.25) is 0 Å². The van der Waals surface area contributed by atoms with Crippen LogP contribution in [-0.2, 0) is 4.79 Å². The highest BCUT2D eigenvalue weighted by molar-refractivity contribution is 5.81. The standard InChI is InChI=1S/C13H26N2O2/c1-3-7-14-13(17)10(2)15-9-11-5-4-6-12(16)8-11/h10-12,15-16H,3-9H2,1-2H3,(H,14,17). The molecule has 3 unspecified atom stereocenters. The van der Waals surface area contributed by atoms with E-state index in [1.807, 2.05) is 13.8 Å². The molecule has 0 aromatic heterocycles. The number of rotatable bonds is 6. The van der Waals surface area contributed by atoms with Gasteiger partial charge in [-0.1, -0.05) is 13.3 Å². The number of hydrogen-bond acceptors (Lipinski definition) is 3. The van der Waals surface area contributed by atoms with Gasteiger partial charge in [0.15, 0.2) is 0 Å². The number of aliphatic hydroxyl groups excluding tert-OH is 1. The Labute approximate surface area is 104 Å². The molecule has 100 valence electrons. The van der Waals surface area contributed by atoms with Gasteiger partial charge in [-0.15, -0.1) is 0 Å². The van der Waals surface area contributed by atoms with E-state index in [-0.39, 0.29) is 18.1 Å². The lowest BCUT2D eigenvalue weighted by Crippen LogP contribution is -2.44. The van der Waals surface area contributed by atoms with E-state index < -0.39 is 0 Å². The zero-order chi connectivity index (χ0) is 12.7. The Kier molecular flexibility index (Phi) is 6.52. The summed E-state index contributed by atoms with van der Waals surface area (Å²) in [6.07, 6.45) is 4.89. The molecule has 0 bridgehead atoms. The summed E-state index contributed by atoms with van der Waals surface area (Å²) in [5.41, 5.74) is 0. The summed E-state index contributed by atoms with van der Waals surface area (Å²) in [6.45, 7) is 5.51. The molecule has 0 spiro atoms. The van der Waals surface area contributed by atoms with Crippen molar-refractivity contribution >= 4 is 5.91 Å². The Morgan fingerprint density at radius 3 is 2.88 bits per heavy atom. The quantitative estimate of drug-likeness (QED) is 0.652. The van der Waals surface area contributed by atoms with Crippen molar-refractivity contribution in [1.82, 2.24) is 10.6 Å². The Balaban J connectivity index is 2.18. The second kappa shape index (κ2) is 7.67. The minimum Gasteiger partial charge on any atom is -0.393 e. The van der Waals surface area contributed by atoms with Gasteiger partial charge in [-0.05, 0) is 45.1 Å². The first-order chi connectivity index (χ1) is 8.13. The van der Waals surface area contributed by atoms with E-state index in [0.29, 0.717) is 5.92 Å². The van der Waals surface area contributed by atoms with Crippen LogP contribution in [0.3, 0.4) is 0 Å². The maximum atomic E-state index is 11.6. The molecule has 0 aliphatic heterocycles. The van der Waals surface area contributed by atoms with Crippen LogP contribution < -0.4 is 10.6 Å². The fourth-order valence-corrected chi connectivity index (χ4v) is 2.29. The lowest BCUT2D eigenvalue weighted by atomic mass is 9.87. The zero-order valence-corrected chi connectivity index (χ0v) is 11.0. The van der Waals surface area contributed by atoms with Gasteiger partial charge in [-0.2, -0.15) is 0 Å². The monoisotopic (exact) mass is 242 g/mol. The van der Waals surface area contributed by atoms with Crippen molar-refractivity contribution in [3.63, 3.8) is 0 Å². The lowest BCUT2D eigenvalue weighted by molar-refractivity contribution is -0.122. The maximum absolute atomic E-state index is 11.6. The van der Waals surface area contributed by atoms with Gasteiger partial charge in [0.25, 0.3) is 0 Å². The summed E-state index contributed by atoms with van der Waals surface area (Å²) in [4.78, 5) is 11.6. The Morgan fingerprint density at radius 1 is 1.47 bits per heavy atom. The van der Waals surface area contributed by atoms with E-state index >= 15 is 0 Å². The summed E-state index contributed by atoms with van der Waals surface area (Å²) in [5.74, 6) is 0.586. The minimum atomic E-state index is -0.139. The van der Waals surface area contributed by atoms with Gasteiger partial charge in [0.2, 0.25) is 5.91 Å². The molecule has 0 heterocycles. The third-order valence-corrected chi connectivity index (χ3v) is 3.41. The number of aliphatic hydroxyl groups is 1. The Hall–Kier alpha value is -0.610. The van der Waals surface area contributed by atoms with Crippen LogP contribution in [0.1, 0.15) is 46.0 Å². The van der Waals surface area contributed by atoms with Crippen LogP contribution in [0.5, 0.6) is 0 Å². The van der Waals surface area contributed by atoms with E-state index in [1.54, 1.807) is 0 Å². The van der Waals surface area contributed by atoms with Gasteiger partial charge in [0.1, 0.15) is 0 Å². The smallest absolute Gasteiger partial charge is 0.236 e. The molecular formula is C13H26N2O2. The molecule has 3 atom stereocenters. The van der Waals surface area contributed by atoms with E-state index in [1.165, 1.54) is 0 Å². The fourth-order valence-electron chi connectivity index (χ4n) is 2.29. The third-order valence-electron chi connectivity index (χ3n) is 3.41. The van der Waals surface area contributed by atoms with E-state index in [4.69, 9.17) is 0 Å². The molecule has 17 heavy (non-hydrogen) atoms. The van der Waals surface area contributed by atoms with Crippen LogP contribution in [0, 0.1) is 5.92 Å². The molecule has 3 N–H and O–H groups in total. The topological polar surface area (TPSA) is 61.4 Å². The number of amides is 1. The van der Waals surface area contributed by atoms with E-state index in [9.17, 15) is 9.90 Å². The molecule has 0 aromatic rings. The zero-order valence-electron chi connectivity index (χ0n) is 11.0. The van der Waals surface area contributed by atoms with Gasteiger partial charge < -0.3 is 15.7 Å². The van der Waals surface area contributed by atoms with Gasteiger partial charge in [0.05, 0.1) is 12.1 Å². The van der Waals surface area contributed by atoms with Crippen molar-refractivity contribution in [2.45, 2.75) is 58.1 Å². The lowest BCUT2D eigenvalue weighted by Gasteiger charge is -2.27. The molecule has 1 saturated carbocycles. The van der Waals surface area contributed by atoms with Gasteiger partial charge in [-0.3, -0.25) is 4.79 Å². The molecule has 1 aliphatic carbocycles. The molecule has 1 aliphatic rings. The predicted molar refractivity (Wildman–Crippen MR) is 68.7 cm³/mol. The molecule has 0 saturated heterocycles. The van der Waals surface area contributed by atoms with Crippen LogP contribution in [0.25, 0.3) is 0 Å². The normalized spacial score (nSPS) is 26.5. The molecule has 0 radical (unpaired) electrons.